The lowest BCUT2D eigenvalue weighted by molar-refractivity contribution is 0.399. The first kappa shape index (κ1) is 14.0. The van der Waals surface area contributed by atoms with E-state index in [0.717, 1.165) is 25.3 Å². The molecule has 2 N–H and O–H groups in total. The molecular formula is C14H24N2O. The average molecular weight is 236 g/mol. The summed E-state index contributed by atoms with van der Waals surface area (Å²) in [5.41, 5.74) is 2.58. The van der Waals surface area contributed by atoms with Crippen LogP contribution in [-0.4, -0.2) is 27.2 Å². The maximum Gasteiger partial charge on any atom is 0.123 e. The molecule has 0 aliphatic heterocycles. The lowest BCUT2D eigenvalue weighted by Crippen LogP contribution is -2.29. The van der Waals surface area contributed by atoms with Gasteiger partial charge in [-0.15, -0.1) is 0 Å². The Balaban J connectivity index is 2.97. The SMILES string of the molecule is CCNCC(NC)c1cc(CC)ccc1OC. The van der Waals surface area contributed by atoms with Gasteiger partial charge in [-0.05, 0) is 31.6 Å². The van der Waals surface area contributed by atoms with Crippen LogP contribution in [0.1, 0.15) is 31.0 Å². The number of benzene rings is 1. The van der Waals surface area contributed by atoms with E-state index >= 15 is 0 Å². The van der Waals surface area contributed by atoms with Crippen LogP contribution in [-0.2, 0) is 6.42 Å². The predicted molar refractivity (Wildman–Crippen MR) is 72.7 cm³/mol. The molecule has 0 saturated heterocycles. The van der Waals surface area contributed by atoms with Gasteiger partial charge in [0.2, 0.25) is 0 Å². The Bertz CT molecular complexity index is 339. The summed E-state index contributed by atoms with van der Waals surface area (Å²) in [4.78, 5) is 0. The molecule has 0 bridgehead atoms. The summed E-state index contributed by atoms with van der Waals surface area (Å²) in [7, 11) is 3.71. The molecule has 0 heterocycles. The van der Waals surface area contributed by atoms with Crippen molar-refractivity contribution in [3.05, 3.63) is 29.3 Å². The fourth-order valence-corrected chi connectivity index (χ4v) is 1.93. The quantitative estimate of drug-likeness (QED) is 0.761. The number of rotatable bonds is 7. The maximum absolute atomic E-state index is 5.44. The molecule has 0 fully saturated rings. The second-order valence-corrected chi connectivity index (χ2v) is 4.08. The van der Waals surface area contributed by atoms with E-state index in [0.29, 0.717) is 0 Å². The van der Waals surface area contributed by atoms with Crippen molar-refractivity contribution < 1.29 is 4.74 Å². The Morgan fingerprint density at radius 3 is 2.59 bits per heavy atom. The van der Waals surface area contributed by atoms with Crippen molar-refractivity contribution in [3.63, 3.8) is 0 Å². The number of hydrogen-bond acceptors (Lipinski definition) is 3. The molecule has 1 aromatic carbocycles. The Hall–Kier alpha value is -1.06. The Morgan fingerprint density at radius 1 is 1.29 bits per heavy atom. The van der Waals surface area contributed by atoms with Crippen LogP contribution in [0.5, 0.6) is 5.75 Å². The second kappa shape index (κ2) is 7.30. The van der Waals surface area contributed by atoms with Gasteiger partial charge < -0.3 is 15.4 Å². The third-order valence-corrected chi connectivity index (χ3v) is 3.02. The predicted octanol–water partition coefficient (Wildman–Crippen LogP) is 2.13. The fourth-order valence-electron chi connectivity index (χ4n) is 1.93. The van der Waals surface area contributed by atoms with E-state index in [1.807, 2.05) is 7.05 Å². The summed E-state index contributed by atoms with van der Waals surface area (Å²) in [6, 6.07) is 6.71. The molecule has 96 valence electrons. The summed E-state index contributed by atoms with van der Waals surface area (Å²) >= 11 is 0. The third kappa shape index (κ3) is 3.72. The van der Waals surface area contributed by atoms with Crippen LogP contribution in [0.25, 0.3) is 0 Å². The largest absolute Gasteiger partial charge is 0.496 e. The van der Waals surface area contributed by atoms with Gasteiger partial charge in [-0.25, -0.2) is 0 Å². The van der Waals surface area contributed by atoms with Gasteiger partial charge in [0.05, 0.1) is 7.11 Å². The summed E-state index contributed by atoms with van der Waals surface area (Å²) < 4.78 is 5.44. The van der Waals surface area contributed by atoms with Crippen molar-refractivity contribution >= 4 is 0 Å². The Morgan fingerprint density at radius 2 is 2.06 bits per heavy atom. The minimum absolute atomic E-state index is 0.288. The van der Waals surface area contributed by atoms with Crippen LogP contribution in [0.15, 0.2) is 18.2 Å². The molecule has 3 nitrogen and oxygen atoms in total. The molecule has 1 rings (SSSR count). The molecule has 17 heavy (non-hydrogen) atoms. The van der Waals surface area contributed by atoms with E-state index < -0.39 is 0 Å². The minimum Gasteiger partial charge on any atom is -0.496 e. The molecular weight excluding hydrogens is 212 g/mol. The third-order valence-electron chi connectivity index (χ3n) is 3.02. The van der Waals surface area contributed by atoms with Gasteiger partial charge in [-0.1, -0.05) is 26.0 Å². The monoisotopic (exact) mass is 236 g/mol. The first-order valence-electron chi connectivity index (χ1n) is 6.31. The van der Waals surface area contributed by atoms with Crippen molar-refractivity contribution in [3.8, 4) is 5.75 Å². The van der Waals surface area contributed by atoms with E-state index in [2.05, 4.69) is 42.7 Å². The smallest absolute Gasteiger partial charge is 0.123 e. The molecule has 0 amide bonds. The highest BCUT2D eigenvalue weighted by molar-refractivity contribution is 5.39. The zero-order chi connectivity index (χ0) is 12.7. The van der Waals surface area contributed by atoms with E-state index in [1.165, 1.54) is 11.1 Å². The number of ether oxygens (including phenoxy) is 1. The number of aryl methyl sites for hydroxylation is 1. The Labute approximate surface area is 105 Å². The van der Waals surface area contributed by atoms with E-state index in [-0.39, 0.29) is 6.04 Å². The normalized spacial score (nSPS) is 12.5. The van der Waals surface area contributed by atoms with Crippen LogP contribution >= 0.6 is 0 Å². The summed E-state index contributed by atoms with van der Waals surface area (Å²) in [6.07, 6.45) is 1.05. The number of hydrogen-bond donors (Lipinski definition) is 2. The molecule has 1 atom stereocenters. The number of nitrogens with one attached hydrogen (secondary N) is 2. The van der Waals surface area contributed by atoms with Gasteiger partial charge in [0, 0.05) is 18.2 Å². The molecule has 0 aromatic heterocycles. The second-order valence-electron chi connectivity index (χ2n) is 4.08. The highest BCUT2D eigenvalue weighted by Gasteiger charge is 2.14. The topological polar surface area (TPSA) is 33.3 Å². The fraction of sp³-hybridized carbons (Fsp3) is 0.571. The molecule has 0 spiro atoms. The zero-order valence-corrected chi connectivity index (χ0v) is 11.3. The standard InChI is InChI=1S/C14H24N2O/c1-5-11-7-8-14(17-4)12(9-11)13(15-3)10-16-6-2/h7-9,13,15-16H,5-6,10H2,1-4H3. The number of methoxy groups -OCH3 is 1. The van der Waals surface area contributed by atoms with Crippen molar-refractivity contribution in [2.45, 2.75) is 26.3 Å². The maximum atomic E-state index is 5.44. The van der Waals surface area contributed by atoms with Crippen LogP contribution in [0.3, 0.4) is 0 Å². The molecule has 0 aliphatic carbocycles. The van der Waals surface area contributed by atoms with E-state index in [9.17, 15) is 0 Å². The van der Waals surface area contributed by atoms with E-state index in [4.69, 9.17) is 4.74 Å². The number of likely N-dealkylation sites (N-methyl/N-ethyl adjacent to an activating group) is 2. The van der Waals surface area contributed by atoms with Gasteiger partial charge in [-0.2, -0.15) is 0 Å². The first-order chi connectivity index (χ1) is 8.26. The molecule has 1 unspecified atom stereocenters. The lowest BCUT2D eigenvalue weighted by atomic mass is 10.0. The zero-order valence-electron chi connectivity index (χ0n) is 11.3. The molecule has 0 aliphatic rings. The van der Waals surface area contributed by atoms with Crippen LogP contribution < -0.4 is 15.4 Å². The van der Waals surface area contributed by atoms with Crippen molar-refractivity contribution in [1.82, 2.24) is 10.6 Å². The highest BCUT2D eigenvalue weighted by Crippen LogP contribution is 2.26. The molecule has 1 aromatic rings. The average Bonchev–Trinajstić information content (AvgIpc) is 2.39. The first-order valence-corrected chi connectivity index (χ1v) is 6.31. The van der Waals surface area contributed by atoms with Crippen molar-refractivity contribution in [2.75, 3.05) is 27.2 Å². The Kier molecular flexibility index (Phi) is 6.01. The van der Waals surface area contributed by atoms with Gasteiger partial charge in [-0.3, -0.25) is 0 Å². The van der Waals surface area contributed by atoms with Gasteiger partial charge in [0.25, 0.3) is 0 Å². The molecule has 0 saturated carbocycles. The highest BCUT2D eigenvalue weighted by atomic mass is 16.5. The van der Waals surface area contributed by atoms with Gasteiger partial charge >= 0.3 is 0 Å². The lowest BCUT2D eigenvalue weighted by Gasteiger charge is -2.20. The molecule has 0 radical (unpaired) electrons. The van der Waals surface area contributed by atoms with E-state index in [1.54, 1.807) is 7.11 Å². The van der Waals surface area contributed by atoms with Crippen LogP contribution in [0.4, 0.5) is 0 Å². The van der Waals surface area contributed by atoms with Crippen molar-refractivity contribution in [2.24, 2.45) is 0 Å². The minimum atomic E-state index is 0.288. The van der Waals surface area contributed by atoms with Crippen molar-refractivity contribution in [1.29, 1.82) is 0 Å². The molecule has 3 heteroatoms. The van der Waals surface area contributed by atoms with Crippen LogP contribution in [0.2, 0.25) is 0 Å². The summed E-state index contributed by atoms with van der Waals surface area (Å²) in [6.45, 7) is 6.18. The summed E-state index contributed by atoms with van der Waals surface area (Å²) in [5, 5.41) is 6.71. The summed E-state index contributed by atoms with van der Waals surface area (Å²) in [5.74, 6) is 0.958. The van der Waals surface area contributed by atoms with Crippen LogP contribution in [0, 0.1) is 0 Å². The van der Waals surface area contributed by atoms with Gasteiger partial charge in [0.15, 0.2) is 0 Å². The van der Waals surface area contributed by atoms with Gasteiger partial charge in [0.1, 0.15) is 5.75 Å².